The SMILES string of the molecule is CCNc1nc(NC(C)CC)c2cc(CC)sc2n1. The van der Waals surface area contributed by atoms with Gasteiger partial charge in [0.05, 0.1) is 5.39 Å². The third kappa shape index (κ3) is 3.15. The molecule has 0 radical (unpaired) electrons. The van der Waals surface area contributed by atoms with Gasteiger partial charge in [0.2, 0.25) is 5.95 Å². The molecule has 2 heterocycles. The third-order valence-electron chi connectivity index (χ3n) is 3.12. The van der Waals surface area contributed by atoms with E-state index in [1.54, 1.807) is 11.3 Å². The zero-order valence-electron chi connectivity index (χ0n) is 12.1. The van der Waals surface area contributed by atoms with Crippen molar-refractivity contribution >= 4 is 33.3 Å². The number of rotatable bonds is 6. The minimum absolute atomic E-state index is 0.414. The van der Waals surface area contributed by atoms with E-state index in [1.165, 1.54) is 4.88 Å². The molecule has 0 spiro atoms. The summed E-state index contributed by atoms with van der Waals surface area (Å²) in [6.07, 6.45) is 2.12. The molecule has 104 valence electrons. The number of nitrogens with zero attached hydrogens (tertiary/aromatic N) is 2. The number of fused-ring (bicyclic) bond motifs is 1. The van der Waals surface area contributed by atoms with Crippen molar-refractivity contribution in [2.24, 2.45) is 0 Å². The van der Waals surface area contributed by atoms with Gasteiger partial charge in [-0.1, -0.05) is 13.8 Å². The fourth-order valence-electron chi connectivity index (χ4n) is 1.83. The monoisotopic (exact) mass is 278 g/mol. The zero-order valence-corrected chi connectivity index (χ0v) is 12.9. The van der Waals surface area contributed by atoms with Crippen LogP contribution in [0.15, 0.2) is 6.07 Å². The Morgan fingerprint density at radius 3 is 2.68 bits per heavy atom. The van der Waals surface area contributed by atoms with E-state index in [4.69, 9.17) is 0 Å². The highest BCUT2D eigenvalue weighted by atomic mass is 32.1. The Hall–Kier alpha value is -1.36. The van der Waals surface area contributed by atoms with Gasteiger partial charge in [-0.2, -0.15) is 4.98 Å². The maximum atomic E-state index is 4.60. The van der Waals surface area contributed by atoms with Crippen molar-refractivity contribution in [1.82, 2.24) is 9.97 Å². The Morgan fingerprint density at radius 1 is 1.26 bits per heavy atom. The molecular weight excluding hydrogens is 256 g/mol. The van der Waals surface area contributed by atoms with Crippen LogP contribution in [0.4, 0.5) is 11.8 Å². The van der Waals surface area contributed by atoms with Gasteiger partial charge in [0.1, 0.15) is 10.6 Å². The second-order valence-electron chi connectivity index (χ2n) is 4.66. The van der Waals surface area contributed by atoms with Crippen molar-refractivity contribution in [3.05, 3.63) is 10.9 Å². The second kappa shape index (κ2) is 6.19. The predicted molar refractivity (Wildman–Crippen MR) is 84.3 cm³/mol. The van der Waals surface area contributed by atoms with Crippen LogP contribution in [0.2, 0.25) is 0 Å². The van der Waals surface area contributed by atoms with Crippen LogP contribution in [0.1, 0.15) is 39.0 Å². The maximum Gasteiger partial charge on any atom is 0.226 e. The topological polar surface area (TPSA) is 49.8 Å². The van der Waals surface area contributed by atoms with Crippen molar-refractivity contribution in [1.29, 1.82) is 0 Å². The molecule has 0 bridgehead atoms. The van der Waals surface area contributed by atoms with E-state index in [-0.39, 0.29) is 0 Å². The van der Waals surface area contributed by atoms with Crippen LogP contribution in [0, 0.1) is 0 Å². The standard InChI is InChI=1S/C14H22N4S/c1-5-9(4)16-12-11-8-10(6-2)19-13(11)18-14(17-12)15-7-3/h8-9H,5-7H2,1-4H3,(H2,15,16,17,18). The summed E-state index contributed by atoms with van der Waals surface area (Å²) in [5, 5.41) is 7.83. The highest BCUT2D eigenvalue weighted by Crippen LogP contribution is 2.30. The molecule has 0 aliphatic rings. The van der Waals surface area contributed by atoms with Crippen LogP contribution in [0.25, 0.3) is 10.2 Å². The average molecular weight is 278 g/mol. The van der Waals surface area contributed by atoms with E-state index < -0.39 is 0 Å². The quantitative estimate of drug-likeness (QED) is 0.841. The predicted octanol–water partition coefficient (Wildman–Crippen LogP) is 3.90. The minimum atomic E-state index is 0.414. The summed E-state index contributed by atoms with van der Waals surface area (Å²) in [5.74, 6) is 1.66. The number of thiophene rings is 1. The number of nitrogens with one attached hydrogen (secondary N) is 2. The van der Waals surface area contributed by atoms with Crippen LogP contribution in [0.3, 0.4) is 0 Å². The Morgan fingerprint density at radius 2 is 2.05 bits per heavy atom. The number of hydrogen-bond acceptors (Lipinski definition) is 5. The van der Waals surface area contributed by atoms with Gasteiger partial charge >= 0.3 is 0 Å². The van der Waals surface area contributed by atoms with E-state index in [1.807, 2.05) is 0 Å². The fraction of sp³-hybridized carbons (Fsp3) is 0.571. The van der Waals surface area contributed by atoms with E-state index in [2.05, 4.69) is 54.4 Å². The molecule has 19 heavy (non-hydrogen) atoms. The van der Waals surface area contributed by atoms with Crippen LogP contribution >= 0.6 is 11.3 Å². The number of hydrogen-bond donors (Lipinski definition) is 2. The lowest BCUT2D eigenvalue weighted by atomic mass is 10.2. The van der Waals surface area contributed by atoms with E-state index >= 15 is 0 Å². The van der Waals surface area contributed by atoms with Gasteiger partial charge in [-0.3, -0.25) is 0 Å². The molecule has 1 unspecified atom stereocenters. The van der Waals surface area contributed by atoms with Crippen molar-refractivity contribution in [2.45, 2.75) is 46.6 Å². The normalized spacial score (nSPS) is 12.6. The summed E-state index contributed by atoms with van der Waals surface area (Å²) < 4.78 is 0. The molecule has 0 saturated heterocycles. The molecule has 0 aliphatic heterocycles. The Kier molecular flexibility index (Phi) is 4.58. The molecular formula is C14H22N4S. The van der Waals surface area contributed by atoms with Gasteiger partial charge in [-0.25, -0.2) is 4.98 Å². The molecule has 0 aromatic carbocycles. The zero-order chi connectivity index (χ0) is 13.8. The molecule has 2 N–H and O–H groups in total. The van der Waals surface area contributed by atoms with E-state index in [9.17, 15) is 0 Å². The van der Waals surface area contributed by atoms with E-state index in [0.717, 1.165) is 35.4 Å². The molecule has 2 rings (SSSR count). The first-order valence-electron chi connectivity index (χ1n) is 6.98. The fourth-order valence-corrected chi connectivity index (χ4v) is 2.80. The van der Waals surface area contributed by atoms with Gasteiger partial charge < -0.3 is 10.6 Å². The molecule has 5 heteroatoms. The molecule has 0 fully saturated rings. The van der Waals surface area contributed by atoms with Crippen molar-refractivity contribution in [3.8, 4) is 0 Å². The van der Waals surface area contributed by atoms with Gasteiger partial charge in [0.25, 0.3) is 0 Å². The molecule has 0 saturated carbocycles. The average Bonchev–Trinajstić information content (AvgIpc) is 2.82. The highest BCUT2D eigenvalue weighted by Gasteiger charge is 2.12. The summed E-state index contributed by atoms with van der Waals surface area (Å²) in [4.78, 5) is 11.6. The molecule has 2 aromatic rings. The molecule has 2 aromatic heterocycles. The first-order valence-corrected chi connectivity index (χ1v) is 7.80. The summed E-state index contributed by atoms with van der Waals surface area (Å²) in [5.41, 5.74) is 0. The first-order chi connectivity index (χ1) is 9.17. The van der Waals surface area contributed by atoms with Gasteiger partial charge in [0, 0.05) is 17.5 Å². The molecule has 0 amide bonds. The van der Waals surface area contributed by atoms with Gasteiger partial charge in [0.15, 0.2) is 0 Å². The van der Waals surface area contributed by atoms with E-state index in [0.29, 0.717) is 12.0 Å². The number of aryl methyl sites for hydroxylation is 1. The Labute approximate surface area is 118 Å². The number of anilines is 2. The summed E-state index contributed by atoms with van der Waals surface area (Å²) in [6, 6.07) is 2.62. The Bertz CT molecular complexity index is 550. The number of aromatic nitrogens is 2. The van der Waals surface area contributed by atoms with Crippen LogP contribution in [-0.2, 0) is 6.42 Å². The van der Waals surface area contributed by atoms with Crippen molar-refractivity contribution in [2.75, 3.05) is 17.2 Å². The maximum absolute atomic E-state index is 4.60. The third-order valence-corrected chi connectivity index (χ3v) is 4.30. The summed E-state index contributed by atoms with van der Waals surface area (Å²) in [6.45, 7) is 9.41. The second-order valence-corrected chi connectivity index (χ2v) is 5.78. The largest absolute Gasteiger partial charge is 0.367 e. The van der Waals surface area contributed by atoms with Gasteiger partial charge in [-0.15, -0.1) is 11.3 Å². The molecule has 0 aliphatic carbocycles. The Balaban J connectivity index is 2.46. The summed E-state index contributed by atoms with van der Waals surface area (Å²) >= 11 is 1.76. The van der Waals surface area contributed by atoms with Crippen molar-refractivity contribution < 1.29 is 0 Å². The van der Waals surface area contributed by atoms with Gasteiger partial charge in [-0.05, 0) is 32.8 Å². The highest BCUT2D eigenvalue weighted by molar-refractivity contribution is 7.18. The van der Waals surface area contributed by atoms with Crippen LogP contribution in [-0.4, -0.2) is 22.6 Å². The van der Waals surface area contributed by atoms with Crippen LogP contribution < -0.4 is 10.6 Å². The summed E-state index contributed by atoms with van der Waals surface area (Å²) in [7, 11) is 0. The minimum Gasteiger partial charge on any atom is -0.367 e. The lowest BCUT2D eigenvalue weighted by Crippen LogP contribution is -2.15. The van der Waals surface area contributed by atoms with Crippen LogP contribution in [0.5, 0.6) is 0 Å². The lowest BCUT2D eigenvalue weighted by Gasteiger charge is -2.14. The van der Waals surface area contributed by atoms with Crippen molar-refractivity contribution in [3.63, 3.8) is 0 Å². The molecule has 1 atom stereocenters. The first kappa shape index (κ1) is 14.1. The smallest absolute Gasteiger partial charge is 0.226 e. The molecule has 4 nitrogen and oxygen atoms in total. The lowest BCUT2D eigenvalue weighted by molar-refractivity contribution is 0.760.